The molecule has 0 aliphatic carbocycles. The number of aliphatic carboxylic acids is 1. The summed E-state index contributed by atoms with van der Waals surface area (Å²) < 4.78 is 49.6. The summed E-state index contributed by atoms with van der Waals surface area (Å²) in [5.41, 5.74) is 13.2. The van der Waals surface area contributed by atoms with E-state index >= 15 is 0 Å². The molecule has 0 radical (unpaired) electrons. The third kappa shape index (κ3) is 6.21. The van der Waals surface area contributed by atoms with Crippen molar-refractivity contribution in [3.05, 3.63) is 82.6 Å². The van der Waals surface area contributed by atoms with E-state index in [1.54, 1.807) is 37.3 Å². The average molecular weight is 547 g/mol. The molecule has 5 N–H and O–H groups in total. The highest BCUT2D eigenvalue weighted by atomic mass is 35.5. The van der Waals surface area contributed by atoms with Crippen LogP contribution < -0.4 is 16.2 Å². The van der Waals surface area contributed by atoms with E-state index in [4.69, 9.17) is 32.9 Å². The second-order valence-corrected chi connectivity index (χ2v) is 8.88. The van der Waals surface area contributed by atoms with Gasteiger partial charge in [0.15, 0.2) is 0 Å². The minimum absolute atomic E-state index is 0.0883. The van der Waals surface area contributed by atoms with Crippen LogP contribution >= 0.6 is 11.6 Å². The van der Waals surface area contributed by atoms with Gasteiger partial charge in [0.2, 0.25) is 17.9 Å². The molecule has 0 bridgehead atoms. The number of alkyl halides is 3. The van der Waals surface area contributed by atoms with Crippen LogP contribution in [-0.4, -0.2) is 43.0 Å². The summed E-state index contributed by atoms with van der Waals surface area (Å²) in [6, 6.07) is 12.2. The van der Waals surface area contributed by atoms with Crippen molar-refractivity contribution in [3.63, 3.8) is 0 Å². The lowest BCUT2D eigenvalue weighted by molar-refractivity contribution is -0.198. The molecule has 4 rings (SSSR count). The second-order valence-electron chi connectivity index (χ2n) is 8.44. The van der Waals surface area contributed by atoms with Crippen LogP contribution in [0.2, 0.25) is 5.02 Å². The van der Waals surface area contributed by atoms with Crippen molar-refractivity contribution in [2.45, 2.75) is 31.7 Å². The van der Waals surface area contributed by atoms with Crippen LogP contribution in [0.4, 0.5) is 19.1 Å². The summed E-state index contributed by atoms with van der Waals surface area (Å²) in [6.45, 7) is 1.71. The quantitative estimate of drug-likeness (QED) is 0.293. The Bertz CT molecular complexity index is 1460. The Labute approximate surface area is 219 Å². The first-order valence-corrected chi connectivity index (χ1v) is 11.6. The fraction of sp³-hybridized carbons (Fsp3) is 0.200. The van der Waals surface area contributed by atoms with Gasteiger partial charge in [0.05, 0.1) is 17.1 Å². The van der Waals surface area contributed by atoms with E-state index in [2.05, 4.69) is 15.1 Å². The van der Waals surface area contributed by atoms with Gasteiger partial charge in [-0.05, 0) is 37.1 Å². The highest BCUT2D eigenvalue weighted by molar-refractivity contribution is 6.30. The fourth-order valence-electron chi connectivity index (χ4n) is 3.72. The Morgan fingerprint density at radius 1 is 1.13 bits per heavy atom. The summed E-state index contributed by atoms with van der Waals surface area (Å²) in [5, 5.41) is 13.4. The van der Waals surface area contributed by atoms with Crippen LogP contribution in [-0.2, 0) is 11.2 Å². The zero-order valence-electron chi connectivity index (χ0n) is 19.9. The molecule has 0 saturated carbocycles. The number of nitrogen functional groups attached to an aromatic ring is 1. The number of hydrogen-bond acceptors (Lipinski definition) is 7. The minimum Gasteiger partial charge on any atom is -0.480 e. The first kappa shape index (κ1) is 26.9. The number of aryl methyl sites for hydroxylation is 1. The maximum atomic E-state index is 14.3. The summed E-state index contributed by atoms with van der Waals surface area (Å²) in [7, 11) is 0. The van der Waals surface area contributed by atoms with Gasteiger partial charge in [-0.25, -0.2) is 9.67 Å². The normalized spacial score (nSPS) is 13.2. The van der Waals surface area contributed by atoms with Gasteiger partial charge >= 0.3 is 12.1 Å². The van der Waals surface area contributed by atoms with Crippen LogP contribution in [0.5, 0.6) is 5.88 Å². The standard InChI is InChI=1S/C25H22ClF3N6O3/c1-13-8-9-35(34-13)20-11-16(26)6-7-17(20)22(25(27,28)29)38-21-12-19(32-24(31)33-21)15-4-2-14(3-5-15)10-18(30)23(36)37/h2-9,11-12,18,22H,10,30H2,1H3,(H,36,37)(H2,31,32,33)/t18-,22-/m1/s1. The summed E-state index contributed by atoms with van der Waals surface area (Å²) in [4.78, 5) is 18.9. The number of carbonyl (C=O) groups is 1. The van der Waals surface area contributed by atoms with Gasteiger partial charge in [0.1, 0.15) is 6.04 Å². The zero-order chi connectivity index (χ0) is 27.6. The topological polar surface area (TPSA) is 142 Å². The Balaban J connectivity index is 1.68. The summed E-state index contributed by atoms with van der Waals surface area (Å²) in [5.74, 6) is -1.83. The first-order chi connectivity index (χ1) is 17.9. The molecule has 9 nitrogen and oxygen atoms in total. The molecule has 0 aliphatic heterocycles. The fourth-order valence-corrected chi connectivity index (χ4v) is 3.88. The first-order valence-electron chi connectivity index (χ1n) is 11.2. The van der Waals surface area contributed by atoms with Crippen molar-refractivity contribution in [2.24, 2.45) is 5.73 Å². The number of carboxylic acids is 1. The van der Waals surface area contributed by atoms with Crippen LogP contribution in [0.25, 0.3) is 16.9 Å². The highest BCUT2D eigenvalue weighted by Gasteiger charge is 2.45. The molecule has 0 saturated heterocycles. The molecular formula is C25H22ClF3N6O3. The van der Waals surface area contributed by atoms with Gasteiger partial charge in [-0.1, -0.05) is 41.9 Å². The number of aromatic nitrogens is 4. The second kappa shape index (κ2) is 10.7. The Kier molecular flexibility index (Phi) is 7.56. The Morgan fingerprint density at radius 2 is 1.84 bits per heavy atom. The predicted octanol–water partition coefficient (Wildman–Crippen LogP) is 4.51. The number of benzene rings is 2. The molecule has 2 aromatic heterocycles. The molecule has 0 aliphatic rings. The lowest BCUT2D eigenvalue weighted by atomic mass is 10.0. The third-order valence-corrected chi connectivity index (χ3v) is 5.76. The number of nitrogens with zero attached hydrogens (tertiary/aromatic N) is 4. The lowest BCUT2D eigenvalue weighted by Gasteiger charge is -2.24. The van der Waals surface area contributed by atoms with Crippen molar-refractivity contribution >= 4 is 23.5 Å². The Hall–Kier alpha value is -4.16. The maximum Gasteiger partial charge on any atom is 0.429 e. The highest BCUT2D eigenvalue weighted by Crippen LogP contribution is 2.40. The average Bonchev–Trinajstić information content (AvgIpc) is 3.28. The number of hydrogen-bond donors (Lipinski definition) is 3. The van der Waals surface area contributed by atoms with Gasteiger partial charge < -0.3 is 21.3 Å². The summed E-state index contributed by atoms with van der Waals surface area (Å²) >= 11 is 6.08. The SMILES string of the molecule is Cc1ccn(-c2cc(Cl)ccc2[C@@H](Oc2cc(-c3ccc(C[C@@H](N)C(=O)O)cc3)nc(N)n2)C(F)(F)F)n1. The third-order valence-electron chi connectivity index (χ3n) is 5.52. The molecule has 0 unspecified atom stereocenters. The molecular weight excluding hydrogens is 525 g/mol. The number of nitrogens with two attached hydrogens (primary N) is 2. The van der Waals surface area contributed by atoms with Gasteiger partial charge in [0, 0.05) is 28.4 Å². The molecule has 2 aromatic carbocycles. The molecule has 2 heterocycles. The molecule has 38 heavy (non-hydrogen) atoms. The van der Waals surface area contributed by atoms with Gasteiger partial charge in [-0.15, -0.1) is 0 Å². The van der Waals surface area contributed by atoms with Crippen molar-refractivity contribution in [2.75, 3.05) is 5.73 Å². The van der Waals surface area contributed by atoms with E-state index < -0.39 is 30.2 Å². The number of ether oxygens (including phenoxy) is 1. The van der Waals surface area contributed by atoms with Crippen molar-refractivity contribution in [1.82, 2.24) is 19.7 Å². The molecule has 198 valence electrons. The van der Waals surface area contributed by atoms with Crippen LogP contribution in [0.15, 0.2) is 60.8 Å². The molecule has 4 aromatic rings. The van der Waals surface area contributed by atoms with Gasteiger partial charge in [-0.2, -0.15) is 23.3 Å². The molecule has 0 amide bonds. The zero-order valence-corrected chi connectivity index (χ0v) is 20.6. The monoisotopic (exact) mass is 546 g/mol. The predicted molar refractivity (Wildman–Crippen MR) is 134 cm³/mol. The summed E-state index contributed by atoms with van der Waals surface area (Å²) in [6.07, 6.45) is -5.65. The number of carboxylic acid groups (broad SMARTS) is 1. The largest absolute Gasteiger partial charge is 0.480 e. The van der Waals surface area contributed by atoms with E-state index in [-0.39, 0.29) is 34.3 Å². The molecule has 13 heteroatoms. The number of anilines is 1. The van der Waals surface area contributed by atoms with E-state index in [0.29, 0.717) is 16.8 Å². The van der Waals surface area contributed by atoms with E-state index in [1.807, 2.05) is 0 Å². The smallest absolute Gasteiger partial charge is 0.429 e. The number of rotatable bonds is 8. The van der Waals surface area contributed by atoms with Crippen LogP contribution in [0, 0.1) is 6.92 Å². The van der Waals surface area contributed by atoms with Crippen LogP contribution in [0.3, 0.4) is 0 Å². The van der Waals surface area contributed by atoms with Crippen molar-refractivity contribution in [3.8, 4) is 22.8 Å². The van der Waals surface area contributed by atoms with Crippen LogP contribution in [0.1, 0.15) is 22.9 Å². The van der Waals surface area contributed by atoms with Crippen molar-refractivity contribution in [1.29, 1.82) is 0 Å². The van der Waals surface area contributed by atoms with Gasteiger partial charge in [0.25, 0.3) is 0 Å². The van der Waals surface area contributed by atoms with E-state index in [1.165, 1.54) is 35.1 Å². The maximum absolute atomic E-state index is 14.3. The van der Waals surface area contributed by atoms with E-state index in [0.717, 1.165) is 0 Å². The molecule has 0 spiro atoms. The van der Waals surface area contributed by atoms with Gasteiger partial charge in [-0.3, -0.25) is 4.79 Å². The van der Waals surface area contributed by atoms with E-state index in [9.17, 15) is 18.0 Å². The molecule has 0 fully saturated rings. The van der Waals surface area contributed by atoms with Crippen molar-refractivity contribution < 1.29 is 27.8 Å². The lowest BCUT2D eigenvalue weighted by Crippen LogP contribution is -2.32. The molecule has 2 atom stereocenters. The number of halogens is 4. The minimum atomic E-state index is -4.84. The Morgan fingerprint density at radius 3 is 2.45 bits per heavy atom.